The van der Waals surface area contributed by atoms with Crippen molar-refractivity contribution in [3.8, 4) is 0 Å². The minimum atomic E-state index is -5.08. The zero-order chi connectivity index (χ0) is 23.7. The van der Waals surface area contributed by atoms with Crippen molar-refractivity contribution in [3.05, 3.63) is 58.9 Å². The van der Waals surface area contributed by atoms with Crippen LogP contribution in [0.25, 0.3) is 0 Å². The zero-order valence-electron chi connectivity index (χ0n) is 17.3. The molecule has 1 aliphatic heterocycles. The van der Waals surface area contributed by atoms with Crippen LogP contribution in [-0.2, 0) is 45.1 Å². The van der Waals surface area contributed by atoms with E-state index in [9.17, 15) is 22.8 Å². The second-order valence-corrected chi connectivity index (χ2v) is 6.69. The number of nitrogens with one attached hydrogen (secondary N) is 1. The van der Waals surface area contributed by atoms with Crippen molar-refractivity contribution in [2.75, 3.05) is 13.2 Å². The lowest BCUT2D eigenvalue weighted by Gasteiger charge is -2.17. The summed E-state index contributed by atoms with van der Waals surface area (Å²) < 4.78 is 43.8. The van der Waals surface area contributed by atoms with E-state index >= 15 is 0 Å². The molecule has 0 saturated carbocycles. The molecule has 0 atom stereocenters. The van der Waals surface area contributed by atoms with Crippen molar-refractivity contribution in [1.82, 2.24) is 9.88 Å². The number of carboxylic acids is 1. The Morgan fingerprint density at radius 3 is 2.41 bits per heavy atom. The average molecular weight is 456 g/mol. The number of ether oxygens (including phenoxy) is 2. The number of alkyl halides is 3. The number of carbonyl (C=O) groups is 3. The molecular weight excluding hydrogens is 433 g/mol. The van der Waals surface area contributed by atoms with Gasteiger partial charge in [0.25, 0.3) is 0 Å². The number of carboxylic acid groups (broad SMARTS) is 1. The number of aromatic nitrogens is 1. The summed E-state index contributed by atoms with van der Waals surface area (Å²) in [4.78, 5) is 33.5. The summed E-state index contributed by atoms with van der Waals surface area (Å²) in [5.74, 6) is -3.10. The molecule has 0 bridgehead atoms. The van der Waals surface area contributed by atoms with Crippen LogP contribution in [0.3, 0.4) is 0 Å². The molecule has 11 heteroatoms. The first-order valence-electron chi connectivity index (χ1n) is 9.73. The van der Waals surface area contributed by atoms with Crippen molar-refractivity contribution in [3.63, 3.8) is 0 Å². The summed E-state index contributed by atoms with van der Waals surface area (Å²) in [6.07, 6.45) is -4.76. The second kappa shape index (κ2) is 11.3. The van der Waals surface area contributed by atoms with E-state index in [1.807, 2.05) is 36.4 Å². The third-order valence-electron chi connectivity index (χ3n) is 4.38. The predicted molar refractivity (Wildman–Crippen MR) is 106 cm³/mol. The minimum absolute atomic E-state index is 0.0568. The highest BCUT2D eigenvalue weighted by Gasteiger charge is 2.38. The van der Waals surface area contributed by atoms with Crippen LogP contribution in [0.4, 0.5) is 18.0 Å². The predicted octanol–water partition coefficient (Wildman–Crippen LogP) is 3.06. The Balaban J connectivity index is 0.000000451. The standard InChI is InChI=1S/C19H22N2O4.C2HF3O2/c1-2-24-18(22)11-16-10-15-12-20-9-8-17(15)21(16)19(23)25-13-14-6-4-3-5-7-14;3-2(4,5)1(6)7/h3-7,10,20H,2,8-9,11-13H2,1H3;(H,6,7). The molecule has 1 aromatic carbocycles. The van der Waals surface area contributed by atoms with E-state index in [0.717, 1.165) is 29.8 Å². The maximum Gasteiger partial charge on any atom is 0.490 e. The highest BCUT2D eigenvalue weighted by molar-refractivity contribution is 5.78. The molecule has 2 aromatic rings. The summed E-state index contributed by atoms with van der Waals surface area (Å²) >= 11 is 0. The van der Waals surface area contributed by atoms with Crippen molar-refractivity contribution < 1.29 is 42.1 Å². The Morgan fingerprint density at radius 1 is 1.16 bits per heavy atom. The van der Waals surface area contributed by atoms with Gasteiger partial charge in [0.15, 0.2) is 0 Å². The van der Waals surface area contributed by atoms with Crippen LogP contribution in [0.5, 0.6) is 0 Å². The lowest BCUT2D eigenvalue weighted by molar-refractivity contribution is -0.192. The molecule has 1 aliphatic rings. The van der Waals surface area contributed by atoms with Crippen molar-refractivity contribution in [2.45, 2.75) is 39.1 Å². The van der Waals surface area contributed by atoms with Crippen LogP contribution in [0.1, 0.15) is 29.4 Å². The second-order valence-electron chi connectivity index (χ2n) is 6.69. The van der Waals surface area contributed by atoms with Gasteiger partial charge in [0, 0.05) is 30.9 Å². The Labute approximate surface area is 181 Å². The van der Waals surface area contributed by atoms with Gasteiger partial charge < -0.3 is 19.9 Å². The molecule has 3 rings (SSSR count). The largest absolute Gasteiger partial charge is 0.490 e. The van der Waals surface area contributed by atoms with Crippen LogP contribution in [0.2, 0.25) is 0 Å². The average Bonchev–Trinajstić information content (AvgIpc) is 3.10. The van der Waals surface area contributed by atoms with E-state index in [0.29, 0.717) is 18.8 Å². The molecule has 0 amide bonds. The number of aliphatic carboxylic acids is 1. The monoisotopic (exact) mass is 456 g/mol. The first-order chi connectivity index (χ1) is 15.1. The van der Waals surface area contributed by atoms with Crippen LogP contribution >= 0.6 is 0 Å². The van der Waals surface area contributed by atoms with Crippen molar-refractivity contribution >= 4 is 18.0 Å². The number of hydrogen-bond donors (Lipinski definition) is 2. The molecular formula is C21H23F3N2O6. The van der Waals surface area contributed by atoms with Gasteiger partial charge in [-0.2, -0.15) is 13.2 Å². The van der Waals surface area contributed by atoms with E-state index in [4.69, 9.17) is 19.4 Å². The van der Waals surface area contributed by atoms with Gasteiger partial charge in [-0.05, 0) is 24.1 Å². The van der Waals surface area contributed by atoms with Gasteiger partial charge in [0.2, 0.25) is 0 Å². The quantitative estimate of drug-likeness (QED) is 0.666. The molecule has 0 fully saturated rings. The van der Waals surface area contributed by atoms with Gasteiger partial charge in [-0.25, -0.2) is 9.59 Å². The van der Waals surface area contributed by atoms with E-state index in [1.54, 1.807) is 6.92 Å². The third kappa shape index (κ3) is 7.12. The van der Waals surface area contributed by atoms with E-state index in [-0.39, 0.29) is 19.0 Å². The van der Waals surface area contributed by atoms with Gasteiger partial charge in [-0.1, -0.05) is 30.3 Å². The number of nitrogens with zero attached hydrogens (tertiary/aromatic N) is 1. The summed E-state index contributed by atoms with van der Waals surface area (Å²) in [7, 11) is 0. The molecule has 1 aromatic heterocycles. The Morgan fingerprint density at radius 2 is 1.81 bits per heavy atom. The lowest BCUT2D eigenvalue weighted by atomic mass is 10.1. The number of fused-ring (bicyclic) bond motifs is 1. The van der Waals surface area contributed by atoms with Crippen LogP contribution in [0.15, 0.2) is 36.4 Å². The maximum atomic E-state index is 12.7. The normalized spacial score (nSPS) is 12.8. The molecule has 2 heterocycles. The van der Waals surface area contributed by atoms with Crippen LogP contribution < -0.4 is 5.32 Å². The Hall–Kier alpha value is -3.34. The fourth-order valence-corrected chi connectivity index (χ4v) is 3.02. The van der Waals surface area contributed by atoms with Gasteiger partial charge in [0.1, 0.15) is 6.61 Å². The smallest absolute Gasteiger partial charge is 0.475 e. The van der Waals surface area contributed by atoms with Gasteiger partial charge >= 0.3 is 24.2 Å². The van der Waals surface area contributed by atoms with Crippen LogP contribution in [-0.4, -0.2) is 47.0 Å². The third-order valence-corrected chi connectivity index (χ3v) is 4.38. The molecule has 174 valence electrons. The Bertz CT molecular complexity index is 941. The molecule has 0 radical (unpaired) electrons. The molecule has 0 aliphatic carbocycles. The van der Waals surface area contributed by atoms with E-state index in [2.05, 4.69) is 5.32 Å². The summed E-state index contributed by atoms with van der Waals surface area (Å²) in [6.45, 7) is 3.76. The van der Waals surface area contributed by atoms with Crippen molar-refractivity contribution in [1.29, 1.82) is 0 Å². The zero-order valence-corrected chi connectivity index (χ0v) is 17.3. The molecule has 0 unspecified atom stereocenters. The highest BCUT2D eigenvalue weighted by Crippen LogP contribution is 2.21. The van der Waals surface area contributed by atoms with Gasteiger partial charge in [-0.3, -0.25) is 9.36 Å². The first kappa shape index (κ1) is 24.9. The first-order valence-corrected chi connectivity index (χ1v) is 9.73. The van der Waals surface area contributed by atoms with Gasteiger partial charge in [-0.15, -0.1) is 0 Å². The fourth-order valence-electron chi connectivity index (χ4n) is 3.02. The molecule has 0 spiro atoms. The summed E-state index contributed by atoms with van der Waals surface area (Å²) in [5, 5.41) is 10.4. The maximum absolute atomic E-state index is 12.7. The fraction of sp³-hybridized carbons (Fsp3) is 0.381. The number of carbonyl (C=O) groups excluding carboxylic acids is 2. The topological polar surface area (TPSA) is 107 Å². The molecule has 0 saturated heterocycles. The Kier molecular flexibility index (Phi) is 8.82. The SMILES string of the molecule is CCOC(=O)Cc1cc2c(n1C(=O)OCc1ccccc1)CCNC2.O=C(O)C(F)(F)F. The van der Waals surface area contributed by atoms with Crippen molar-refractivity contribution in [2.24, 2.45) is 0 Å². The summed E-state index contributed by atoms with van der Waals surface area (Å²) in [6, 6.07) is 11.4. The minimum Gasteiger partial charge on any atom is -0.475 e. The van der Waals surface area contributed by atoms with E-state index in [1.165, 1.54) is 4.57 Å². The number of benzene rings is 1. The number of esters is 1. The molecule has 32 heavy (non-hydrogen) atoms. The number of hydrogen-bond acceptors (Lipinski definition) is 6. The summed E-state index contributed by atoms with van der Waals surface area (Å²) in [5.41, 5.74) is 3.48. The highest BCUT2D eigenvalue weighted by atomic mass is 19.4. The van der Waals surface area contributed by atoms with E-state index < -0.39 is 18.2 Å². The molecule has 8 nitrogen and oxygen atoms in total. The number of halogens is 3. The molecule has 2 N–H and O–H groups in total. The number of rotatable bonds is 5. The van der Waals surface area contributed by atoms with Crippen LogP contribution in [0, 0.1) is 0 Å². The van der Waals surface area contributed by atoms with Gasteiger partial charge in [0.05, 0.1) is 13.0 Å². The lowest BCUT2D eigenvalue weighted by Crippen LogP contribution is -2.27.